The summed E-state index contributed by atoms with van der Waals surface area (Å²) in [5.74, 6) is 0.739. The molecule has 1 aliphatic rings. The molecule has 1 aromatic rings. The summed E-state index contributed by atoms with van der Waals surface area (Å²) in [4.78, 5) is 0. The highest BCUT2D eigenvalue weighted by molar-refractivity contribution is 5.55. The first kappa shape index (κ1) is 17.7. The Labute approximate surface area is 134 Å². The van der Waals surface area contributed by atoms with Crippen LogP contribution in [0.2, 0.25) is 0 Å². The van der Waals surface area contributed by atoms with Crippen LogP contribution in [0.3, 0.4) is 0 Å². The van der Waals surface area contributed by atoms with Crippen molar-refractivity contribution in [3.8, 4) is 11.5 Å². The van der Waals surface area contributed by atoms with Gasteiger partial charge >= 0.3 is 0 Å². The van der Waals surface area contributed by atoms with Crippen molar-refractivity contribution in [3.05, 3.63) is 29.8 Å². The summed E-state index contributed by atoms with van der Waals surface area (Å²) in [6.45, 7) is 1.36. The van der Waals surface area contributed by atoms with Crippen LogP contribution in [0.5, 0.6) is 11.5 Å². The lowest BCUT2D eigenvalue weighted by Crippen LogP contribution is -2.60. The summed E-state index contributed by atoms with van der Waals surface area (Å²) in [6, 6.07) is 5.23. The molecule has 128 valence electrons. The van der Waals surface area contributed by atoms with Crippen LogP contribution < -0.4 is 9.47 Å². The summed E-state index contributed by atoms with van der Waals surface area (Å²) >= 11 is 0. The van der Waals surface area contributed by atoms with E-state index in [1.165, 1.54) is 7.11 Å². The Morgan fingerprint density at radius 2 is 1.87 bits per heavy atom. The predicted molar refractivity (Wildman–Crippen MR) is 82.1 cm³/mol. The summed E-state index contributed by atoms with van der Waals surface area (Å²) in [7, 11) is 1.48. The number of aliphatic hydroxyl groups is 4. The lowest BCUT2D eigenvalue weighted by Gasteiger charge is -2.39. The van der Waals surface area contributed by atoms with E-state index in [9.17, 15) is 20.4 Å². The highest BCUT2D eigenvalue weighted by Crippen LogP contribution is 2.32. The molecular formula is C16H22O7. The maximum Gasteiger partial charge on any atom is 0.229 e. The first-order chi connectivity index (χ1) is 11.0. The Kier molecular flexibility index (Phi) is 5.97. The van der Waals surface area contributed by atoms with Crippen LogP contribution in [0.15, 0.2) is 24.3 Å². The average molecular weight is 326 g/mol. The fourth-order valence-electron chi connectivity index (χ4n) is 2.37. The van der Waals surface area contributed by atoms with E-state index in [0.29, 0.717) is 11.5 Å². The Bertz CT molecular complexity index is 543. The van der Waals surface area contributed by atoms with Crippen LogP contribution >= 0.6 is 0 Å². The normalized spacial score (nSPS) is 31.3. The van der Waals surface area contributed by atoms with E-state index in [1.54, 1.807) is 12.1 Å². The molecule has 1 aliphatic heterocycles. The number of methoxy groups -OCH3 is 1. The van der Waals surface area contributed by atoms with E-state index in [-0.39, 0.29) is 0 Å². The molecule has 0 saturated carbocycles. The van der Waals surface area contributed by atoms with Gasteiger partial charge in [0.05, 0.1) is 13.7 Å². The van der Waals surface area contributed by atoms with Crippen molar-refractivity contribution in [1.82, 2.24) is 0 Å². The zero-order chi connectivity index (χ0) is 17.0. The summed E-state index contributed by atoms with van der Waals surface area (Å²) in [6.07, 6.45) is -2.94. The molecule has 0 spiro atoms. The van der Waals surface area contributed by atoms with Crippen molar-refractivity contribution in [2.75, 3.05) is 13.7 Å². The predicted octanol–water partition coefficient (Wildman–Crippen LogP) is -0.0930. The van der Waals surface area contributed by atoms with Crippen LogP contribution in [0.25, 0.3) is 6.08 Å². The van der Waals surface area contributed by atoms with Crippen LogP contribution in [0, 0.1) is 0 Å². The second-order valence-electron chi connectivity index (χ2n) is 5.23. The van der Waals surface area contributed by atoms with Crippen LogP contribution in [-0.2, 0) is 4.74 Å². The molecule has 0 aromatic heterocycles. The fraction of sp³-hybridized carbons (Fsp3) is 0.500. The SMILES string of the molecule is CC=Cc1ccc(OC)c(O[C@@H]2O[C@H](CO)[C@@H](O)[C@H](O)[C@H]2O)c1. The molecule has 0 unspecified atom stereocenters. The maximum absolute atomic E-state index is 10.0. The quantitative estimate of drug-likeness (QED) is 0.599. The van der Waals surface area contributed by atoms with Gasteiger partial charge in [-0.25, -0.2) is 0 Å². The van der Waals surface area contributed by atoms with E-state index in [2.05, 4.69) is 0 Å². The number of benzene rings is 1. The number of hydrogen-bond donors (Lipinski definition) is 4. The van der Waals surface area contributed by atoms with Crippen molar-refractivity contribution in [1.29, 1.82) is 0 Å². The molecular weight excluding hydrogens is 304 g/mol. The fourth-order valence-corrected chi connectivity index (χ4v) is 2.37. The topological polar surface area (TPSA) is 109 Å². The standard InChI is InChI=1S/C16H22O7/c1-3-4-9-5-6-10(21-2)11(7-9)22-16-15(20)14(19)13(18)12(8-17)23-16/h3-7,12-20H,8H2,1-2H3/t12-,13-,14+,15-,16-/m1/s1. The molecule has 0 bridgehead atoms. The minimum Gasteiger partial charge on any atom is -0.493 e. The van der Waals surface area contributed by atoms with Gasteiger partial charge in [0, 0.05) is 0 Å². The van der Waals surface area contributed by atoms with E-state index in [4.69, 9.17) is 14.2 Å². The van der Waals surface area contributed by atoms with Gasteiger partial charge in [-0.2, -0.15) is 0 Å². The number of aliphatic hydroxyl groups excluding tert-OH is 4. The number of allylic oxidation sites excluding steroid dienone is 1. The Hall–Kier alpha value is -1.64. The van der Waals surface area contributed by atoms with Gasteiger partial charge in [-0.15, -0.1) is 0 Å². The van der Waals surface area contributed by atoms with Gasteiger partial charge in [-0.05, 0) is 24.6 Å². The van der Waals surface area contributed by atoms with E-state index in [0.717, 1.165) is 5.56 Å². The first-order valence-corrected chi connectivity index (χ1v) is 7.29. The maximum atomic E-state index is 10.0. The van der Waals surface area contributed by atoms with Gasteiger partial charge in [0.1, 0.15) is 24.4 Å². The number of ether oxygens (including phenoxy) is 3. The molecule has 7 nitrogen and oxygen atoms in total. The van der Waals surface area contributed by atoms with E-state index >= 15 is 0 Å². The average Bonchev–Trinajstić information content (AvgIpc) is 2.56. The molecule has 1 fully saturated rings. The van der Waals surface area contributed by atoms with Gasteiger partial charge in [-0.3, -0.25) is 0 Å². The third-order valence-electron chi connectivity index (χ3n) is 3.64. The highest BCUT2D eigenvalue weighted by Gasteiger charge is 2.44. The molecule has 4 N–H and O–H groups in total. The highest BCUT2D eigenvalue weighted by atomic mass is 16.7. The van der Waals surface area contributed by atoms with Crippen molar-refractivity contribution in [2.45, 2.75) is 37.6 Å². The first-order valence-electron chi connectivity index (χ1n) is 7.29. The Morgan fingerprint density at radius 1 is 1.13 bits per heavy atom. The second kappa shape index (κ2) is 7.76. The van der Waals surface area contributed by atoms with Gasteiger partial charge in [0.2, 0.25) is 6.29 Å². The molecule has 0 radical (unpaired) electrons. The molecule has 1 aromatic carbocycles. The van der Waals surface area contributed by atoms with Crippen LogP contribution in [0.1, 0.15) is 12.5 Å². The largest absolute Gasteiger partial charge is 0.493 e. The van der Waals surface area contributed by atoms with E-state index < -0.39 is 37.3 Å². The lowest BCUT2D eigenvalue weighted by atomic mass is 9.99. The monoisotopic (exact) mass is 326 g/mol. The number of hydrogen-bond acceptors (Lipinski definition) is 7. The van der Waals surface area contributed by atoms with Crippen molar-refractivity contribution < 1.29 is 34.6 Å². The zero-order valence-corrected chi connectivity index (χ0v) is 13.0. The van der Waals surface area contributed by atoms with Gasteiger partial charge in [-0.1, -0.05) is 18.2 Å². The second-order valence-corrected chi connectivity index (χ2v) is 5.23. The third kappa shape index (κ3) is 3.82. The Morgan fingerprint density at radius 3 is 2.48 bits per heavy atom. The van der Waals surface area contributed by atoms with Crippen LogP contribution in [0.4, 0.5) is 0 Å². The molecule has 2 rings (SSSR count). The number of rotatable bonds is 5. The molecule has 1 heterocycles. The lowest BCUT2D eigenvalue weighted by molar-refractivity contribution is -0.277. The molecule has 23 heavy (non-hydrogen) atoms. The van der Waals surface area contributed by atoms with Gasteiger partial charge in [0.15, 0.2) is 11.5 Å². The van der Waals surface area contributed by atoms with Crippen LogP contribution in [-0.4, -0.2) is 64.8 Å². The smallest absolute Gasteiger partial charge is 0.229 e. The van der Waals surface area contributed by atoms with Crippen molar-refractivity contribution in [2.24, 2.45) is 0 Å². The van der Waals surface area contributed by atoms with Gasteiger partial charge < -0.3 is 34.6 Å². The van der Waals surface area contributed by atoms with E-state index in [1.807, 2.05) is 25.1 Å². The van der Waals surface area contributed by atoms with Gasteiger partial charge in [0.25, 0.3) is 0 Å². The third-order valence-corrected chi connectivity index (χ3v) is 3.64. The van der Waals surface area contributed by atoms with Crippen molar-refractivity contribution >= 4 is 6.08 Å². The van der Waals surface area contributed by atoms with Crippen molar-refractivity contribution in [3.63, 3.8) is 0 Å². The molecule has 5 atom stereocenters. The molecule has 0 amide bonds. The minimum absolute atomic E-state index is 0.312. The molecule has 7 heteroatoms. The molecule has 0 aliphatic carbocycles. The summed E-state index contributed by atoms with van der Waals surface area (Å²) in [5.41, 5.74) is 0.855. The summed E-state index contributed by atoms with van der Waals surface area (Å²) in [5, 5.41) is 38.8. The molecule has 1 saturated heterocycles. The minimum atomic E-state index is -1.49. The summed E-state index contributed by atoms with van der Waals surface area (Å²) < 4.78 is 16.2. The Balaban J connectivity index is 2.24. The zero-order valence-electron chi connectivity index (χ0n) is 13.0.